The molecule has 0 saturated heterocycles. The van der Waals surface area contributed by atoms with Crippen molar-refractivity contribution in [2.75, 3.05) is 0 Å². The van der Waals surface area contributed by atoms with Crippen molar-refractivity contribution in [3.05, 3.63) is 71.8 Å². The summed E-state index contributed by atoms with van der Waals surface area (Å²) >= 11 is 4.21. The Balaban J connectivity index is 1.95. The highest BCUT2D eigenvalue weighted by molar-refractivity contribution is 8.17. The Morgan fingerprint density at radius 3 is 1.38 bits per heavy atom. The second-order valence-corrected chi connectivity index (χ2v) is 8.14. The molecule has 112 valence electrons. The number of rotatable bonds is 8. The molecule has 0 aliphatic rings. The van der Waals surface area contributed by atoms with Gasteiger partial charge in [0.05, 0.1) is 4.08 Å². The van der Waals surface area contributed by atoms with E-state index in [0.29, 0.717) is 4.08 Å². The molecule has 0 unspecified atom stereocenters. The molecule has 0 amide bonds. The minimum atomic E-state index is 0.325. The van der Waals surface area contributed by atoms with E-state index in [9.17, 15) is 0 Å². The normalized spacial score (nSPS) is 11.5. The first-order chi connectivity index (χ1) is 10.3. The Hall–Kier alpha value is -0.860. The third-order valence-corrected chi connectivity index (χ3v) is 7.64. The summed E-state index contributed by atoms with van der Waals surface area (Å²) in [6.45, 7) is 4.64. The maximum absolute atomic E-state index is 2.32. The van der Waals surface area contributed by atoms with Gasteiger partial charge in [0.15, 0.2) is 0 Å². The van der Waals surface area contributed by atoms with Crippen molar-refractivity contribution in [3.8, 4) is 0 Å². The average Bonchev–Trinajstić information content (AvgIpc) is 2.58. The van der Waals surface area contributed by atoms with Gasteiger partial charge in [-0.05, 0) is 24.0 Å². The van der Waals surface area contributed by atoms with Gasteiger partial charge in [0, 0.05) is 11.5 Å². The lowest BCUT2D eigenvalue weighted by molar-refractivity contribution is 0.737. The average molecular weight is 317 g/mol. The zero-order valence-corrected chi connectivity index (χ0v) is 14.6. The van der Waals surface area contributed by atoms with Crippen LogP contribution in [-0.2, 0) is 11.5 Å². The summed E-state index contributed by atoms with van der Waals surface area (Å²) in [5, 5.41) is 0. The van der Waals surface area contributed by atoms with Crippen LogP contribution in [0.3, 0.4) is 0 Å². The van der Waals surface area contributed by atoms with Gasteiger partial charge in [-0.1, -0.05) is 74.5 Å². The first kappa shape index (κ1) is 16.5. The van der Waals surface area contributed by atoms with E-state index in [-0.39, 0.29) is 0 Å². The molecule has 2 aromatic rings. The fourth-order valence-electron chi connectivity index (χ4n) is 2.28. The van der Waals surface area contributed by atoms with E-state index in [1.807, 2.05) is 0 Å². The largest absolute Gasteiger partial charge is 0.139 e. The van der Waals surface area contributed by atoms with E-state index in [0.717, 1.165) is 11.5 Å². The van der Waals surface area contributed by atoms with E-state index in [4.69, 9.17) is 0 Å². The maximum atomic E-state index is 2.32. The van der Waals surface area contributed by atoms with Crippen LogP contribution >= 0.6 is 23.5 Å². The van der Waals surface area contributed by atoms with Crippen LogP contribution in [0.5, 0.6) is 0 Å². The first-order valence-corrected chi connectivity index (χ1v) is 9.61. The SMILES string of the molecule is CCC(CC)(SCc1ccccc1)SCc1ccccc1. The molecule has 0 atom stereocenters. The molecule has 2 heteroatoms. The molecule has 0 bridgehead atoms. The second-order valence-electron chi connectivity index (χ2n) is 5.17. The number of hydrogen-bond donors (Lipinski definition) is 0. The molecule has 0 heterocycles. The van der Waals surface area contributed by atoms with Crippen molar-refractivity contribution in [3.63, 3.8) is 0 Å². The van der Waals surface area contributed by atoms with Gasteiger partial charge in [0.25, 0.3) is 0 Å². The van der Waals surface area contributed by atoms with Crippen LogP contribution in [0.25, 0.3) is 0 Å². The van der Waals surface area contributed by atoms with Gasteiger partial charge in [-0.3, -0.25) is 0 Å². The predicted molar refractivity (Wildman–Crippen MR) is 98.8 cm³/mol. The Morgan fingerprint density at radius 1 is 0.667 bits per heavy atom. The monoisotopic (exact) mass is 316 g/mol. The van der Waals surface area contributed by atoms with Crippen LogP contribution in [0, 0.1) is 0 Å². The van der Waals surface area contributed by atoms with E-state index in [1.54, 1.807) is 0 Å². The Kier molecular flexibility index (Phi) is 6.72. The predicted octanol–water partition coefficient (Wildman–Crippen LogP) is 6.37. The third-order valence-electron chi connectivity index (χ3n) is 3.77. The lowest BCUT2D eigenvalue weighted by atomic mass is 10.2. The number of hydrogen-bond acceptors (Lipinski definition) is 2. The summed E-state index contributed by atoms with van der Waals surface area (Å²) in [6.07, 6.45) is 2.41. The van der Waals surface area contributed by atoms with Gasteiger partial charge < -0.3 is 0 Å². The summed E-state index contributed by atoms with van der Waals surface area (Å²) in [4.78, 5) is 0. The van der Waals surface area contributed by atoms with Gasteiger partial charge in [-0.15, -0.1) is 23.5 Å². The molecule has 0 aliphatic carbocycles. The van der Waals surface area contributed by atoms with E-state index in [1.165, 1.54) is 24.0 Å². The Labute approximate surface area is 137 Å². The molecule has 0 radical (unpaired) electrons. The highest BCUT2D eigenvalue weighted by Crippen LogP contribution is 2.45. The molecule has 0 aliphatic heterocycles. The fourth-order valence-corrected chi connectivity index (χ4v) is 5.03. The van der Waals surface area contributed by atoms with E-state index >= 15 is 0 Å². The van der Waals surface area contributed by atoms with Gasteiger partial charge in [0.1, 0.15) is 0 Å². The quantitative estimate of drug-likeness (QED) is 0.519. The highest BCUT2D eigenvalue weighted by Gasteiger charge is 2.27. The van der Waals surface area contributed by atoms with Gasteiger partial charge in [-0.25, -0.2) is 0 Å². The number of thioether (sulfide) groups is 2. The minimum Gasteiger partial charge on any atom is -0.139 e. The zero-order chi connectivity index (χ0) is 15.0. The van der Waals surface area contributed by atoms with Crippen molar-refractivity contribution >= 4 is 23.5 Å². The zero-order valence-electron chi connectivity index (χ0n) is 12.9. The molecule has 0 saturated carbocycles. The van der Waals surface area contributed by atoms with Crippen molar-refractivity contribution in [1.82, 2.24) is 0 Å². The molecular weight excluding hydrogens is 292 g/mol. The van der Waals surface area contributed by atoms with Crippen LogP contribution in [0.1, 0.15) is 37.8 Å². The lowest BCUT2D eigenvalue weighted by Crippen LogP contribution is -2.18. The van der Waals surface area contributed by atoms with E-state index in [2.05, 4.69) is 98.0 Å². The summed E-state index contributed by atoms with van der Waals surface area (Å²) in [7, 11) is 0. The van der Waals surface area contributed by atoms with E-state index < -0.39 is 0 Å². The maximum Gasteiger partial charge on any atom is 0.0612 e. The molecule has 0 spiro atoms. The third kappa shape index (κ3) is 5.12. The van der Waals surface area contributed by atoms with Crippen LogP contribution in [0.15, 0.2) is 60.7 Å². The Bertz CT molecular complexity index is 458. The molecule has 2 aromatic carbocycles. The van der Waals surface area contributed by atoms with Crippen molar-refractivity contribution in [2.24, 2.45) is 0 Å². The molecule has 21 heavy (non-hydrogen) atoms. The molecule has 2 rings (SSSR count). The summed E-state index contributed by atoms with van der Waals surface area (Å²) in [5.74, 6) is 2.20. The van der Waals surface area contributed by atoms with Crippen molar-refractivity contribution < 1.29 is 0 Å². The minimum absolute atomic E-state index is 0.325. The van der Waals surface area contributed by atoms with Crippen molar-refractivity contribution in [1.29, 1.82) is 0 Å². The smallest absolute Gasteiger partial charge is 0.0612 e. The standard InChI is InChI=1S/C19H24S2/c1-3-19(4-2,20-15-17-11-7-5-8-12-17)21-16-18-13-9-6-10-14-18/h5-14H,3-4,15-16H2,1-2H3. The lowest BCUT2D eigenvalue weighted by Gasteiger charge is -2.30. The molecule has 0 fully saturated rings. The molecular formula is C19H24S2. The van der Waals surface area contributed by atoms with Gasteiger partial charge in [-0.2, -0.15) is 0 Å². The molecule has 0 aromatic heterocycles. The molecule has 0 nitrogen and oxygen atoms in total. The van der Waals surface area contributed by atoms with Gasteiger partial charge in [0.2, 0.25) is 0 Å². The summed E-state index contributed by atoms with van der Waals surface area (Å²) in [5.41, 5.74) is 2.85. The highest BCUT2D eigenvalue weighted by atomic mass is 32.2. The van der Waals surface area contributed by atoms with Crippen LogP contribution < -0.4 is 0 Å². The Morgan fingerprint density at radius 2 is 1.05 bits per heavy atom. The summed E-state index contributed by atoms with van der Waals surface area (Å²) < 4.78 is 0.325. The van der Waals surface area contributed by atoms with Crippen LogP contribution in [0.4, 0.5) is 0 Å². The van der Waals surface area contributed by atoms with Crippen LogP contribution in [0.2, 0.25) is 0 Å². The summed E-state index contributed by atoms with van der Waals surface area (Å²) in [6, 6.07) is 21.6. The second kappa shape index (κ2) is 8.55. The topological polar surface area (TPSA) is 0 Å². The molecule has 0 N–H and O–H groups in total. The number of benzene rings is 2. The van der Waals surface area contributed by atoms with Crippen molar-refractivity contribution in [2.45, 2.75) is 42.3 Å². The fraction of sp³-hybridized carbons (Fsp3) is 0.368. The van der Waals surface area contributed by atoms with Gasteiger partial charge >= 0.3 is 0 Å². The van der Waals surface area contributed by atoms with Crippen LogP contribution in [-0.4, -0.2) is 4.08 Å². The first-order valence-electron chi connectivity index (χ1n) is 7.64.